The van der Waals surface area contributed by atoms with Crippen molar-refractivity contribution in [2.45, 2.75) is 19.9 Å². The molecule has 2 aromatic rings. The Balaban J connectivity index is 1.41. The lowest BCUT2D eigenvalue weighted by molar-refractivity contribution is -0.136. The molecule has 0 saturated carbocycles. The Morgan fingerprint density at radius 2 is 1.83 bits per heavy atom. The monoisotopic (exact) mass is 397 g/mol. The summed E-state index contributed by atoms with van der Waals surface area (Å²) in [5, 5.41) is 7.31. The van der Waals surface area contributed by atoms with E-state index in [1.54, 1.807) is 4.90 Å². The minimum atomic E-state index is -0.0608. The molecule has 4 rings (SSSR count). The number of nitrogens with one attached hydrogen (secondary N) is 1. The molecule has 8 heteroatoms. The number of aromatic nitrogens is 2. The third-order valence-electron chi connectivity index (χ3n) is 5.61. The lowest BCUT2D eigenvalue weighted by atomic mass is 10.0. The van der Waals surface area contributed by atoms with Crippen LogP contribution in [0.3, 0.4) is 0 Å². The Labute approximate surface area is 170 Å². The highest BCUT2D eigenvalue weighted by Gasteiger charge is 2.31. The van der Waals surface area contributed by atoms with Crippen LogP contribution in [0.5, 0.6) is 0 Å². The van der Waals surface area contributed by atoms with Crippen LogP contribution in [-0.2, 0) is 22.5 Å². The molecule has 2 aliphatic heterocycles. The smallest absolute Gasteiger partial charge is 0.274 e. The second-order valence-corrected chi connectivity index (χ2v) is 7.35. The van der Waals surface area contributed by atoms with E-state index in [-0.39, 0.29) is 18.4 Å². The highest BCUT2D eigenvalue weighted by molar-refractivity contribution is 5.94. The van der Waals surface area contributed by atoms with Crippen LogP contribution in [0.4, 0.5) is 5.69 Å². The molecule has 0 unspecified atom stereocenters. The number of benzene rings is 1. The van der Waals surface area contributed by atoms with Gasteiger partial charge in [-0.15, -0.1) is 0 Å². The van der Waals surface area contributed by atoms with Crippen molar-refractivity contribution < 1.29 is 14.3 Å². The molecule has 2 aliphatic rings. The summed E-state index contributed by atoms with van der Waals surface area (Å²) in [6, 6.07) is 10.3. The predicted molar refractivity (Wildman–Crippen MR) is 109 cm³/mol. The average Bonchev–Trinajstić information content (AvgIpc) is 3.21. The van der Waals surface area contributed by atoms with E-state index >= 15 is 0 Å². The molecular formula is C21H27N5O3. The number of amides is 2. The van der Waals surface area contributed by atoms with Crippen LogP contribution in [0, 0.1) is 0 Å². The molecule has 1 aromatic carbocycles. The number of fused-ring (bicyclic) bond motifs is 1. The Bertz CT molecular complexity index is 858. The van der Waals surface area contributed by atoms with Gasteiger partial charge in [-0.1, -0.05) is 18.2 Å². The van der Waals surface area contributed by atoms with Crippen molar-refractivity contribution >= 4 is 17.5 Å². The van der Waals surface area contributed by atoms with E-state index in [0.29, 0.717) is 44.9 Å². The summed E-state index contributed by atoms with van der Waals surface area (Å²) >= 11 is 0. The summed E-state index contributed by atoms with van der Waals surface area (Å²) in [6.07, 6.45) is 0.676. The van der Waals surface area contributed by atoms with Gasteiger partial charge < -0.3 is 19.4 Å². The summed E-state index contributed by atoms with van der Waals surface area (Å²) in [5.41, 5.74) is 3.43. The SMILES string of the molecule is CCOCC(=O)N1CCc2[nH]nc(C(=O)N3CCN(c4ccccc4)CC3)c2C1. The molecule has 1 fully saturated rings. The van der Waals surface area contributed by atoms with Gasteiger partial charge in [0, 0.05) is 69.2 Å². The van der Waals surface area contributed by atoms with E-state index in [0.717, 1.165) is 24.3 Å². The van der Waals surface area contributed by atoms with Gasteiger partial charge in [0.1, 0.15) is 6.61 Å². The molecule has 3 heterocycles. The molecule has 0 spiro atoms. The van der Waals surface area contributed by atoms with E-state index < -0.39 is 0 Å². The van der Waals surface area contributed by atoms with Crippen molar-refractivity contribution in [3.8, 4) is 0 Å². The summed E-state index contributed by atoms with van der Waals surface area (Å²) in [6.45, 7) is 6.37. The Morgan fingerprint density at radius 3 is 2.55 bits per heavy atom. The minimum absolute atomic E-state index is 0.0476. The van der Waals surface area contributed by atoms with Crippen LogP contribution < -0.4 is 4.90 Å². The van der Waals surface area contributed by atoms with Gasteiger partial charge in [-0.2, -0.15) is 5.10 Å². The Morgan fingerprint density at radius 1 is 1.07 bits per heavy atom. The molecule has 1 aromatic heterocycles. The fourth-order valence-corrected chi connectivity index (χ4v) is 3.92. The minimum Gasteiger partial charge on any atom is -0.372 e. The quantitative estimate of drug-likeness (QED) is 0.822. The molecule has 8 nitrogen and oxygen atoms in total. The third-order valence-corrected chi connectivity index (χ3v) is 5.61. The van der Waals surface area contributed by atoms with E-state index in [9.17, 15) is 9.59 Å². The van der Waals surface area contributed by atoms with E-state index in [1.165, 1.54) is 5.69 Å². The van der Waals surface area contributed by atoms with E-state index in [1.807, 2.05) is 30.0 Å². The van der Waals surface area contributed by atoms with Gasteiger partial charge in [0.05, 0.1) is 0 Å². The van der Waals surface area contributed by atoms with Gasteiger partial charge in [-0.25, -0.2) is 0 Å². The van der Waals surface area contributed by atoms with Crippen LogP contribution in [0.1, 0.15) is 28.7 Å². The number of nitrogens with zero attached hydrogens (tertiary/aromatic N) is 4. The lowest BCUT2D eigenvalue weighted by Gasteiger charge is -2.36. The van der Waals surface area contributed by atoms with Crippen LogP contribution >= 0.6 is 0 Å². The molecular weight excluding hydrogens is 370 g/mol. The predicted octanol–water partition coefficient (Wildman–Crippen LogP) is 1.29. The number of ether oxygens (including phenoxy) is 1. The Hall–Kier alpha value is -2.87. The maximum atomic E-state index is 13.1. The van der Waals surface area contributed by atoms with Crippen LogP contribution in [0.2, 0.25) is 0 Å². The second kappa shape index (κ2) is 8.65. The van der Waals surface area contributed by atoms with Crippen molar-refractivity contribution in [2.75, 3.05) is 50.8 Å². The lowest BCUT2D eigenvalue weighted by Crippen LogP contribution is -2.49. The molecule has 0 atom stereocenters. The van der Waals surface area contributed by atoms with Gasteiger partial charge in [-0.3, -0.25) is 14.7 Å². The summed E-state index contributed by atoms with van der Waals surface area (Å²) < 4.78 is 5.24. The fraction of sp³-hybridized carbons (Fsp3) is 0.476. The third kappa shape index (κ3) is 4.12. The normalized spacial score (nSPS) is 16.7. The maximum Gasteiger partial charge on any atom is 0.274 e. The summed E-state index contributed by atoms with van der Waals surface area (Å²) in [5.74, 6) is -0.108. The number of aromatic amines is 1. The molecule has 0 aliphatic carbocycles. The zero-order valence-electron chi connectivity index (χ0n) is 16.8. The summed E-state index contributed by atoms with van der Waals surface area (Å²) in [4.78, 5) is 31.3. The van der Waals surface area contributed by atoms with Crippen molar-refractivity contribution in [3.05, 3.63) is 47.3 Å². The van der Waals surface area contributed by atoms with Gasteiger partial charge >= 0.3 is 0 Å². The summed E-state index contributed by atoms with van der Waals surface area (Å²) in [7, 11) is 0. The largest absolute Gasteiger partial charge is 0.372 e. The first-order chi connectivity index (χ1) is 14.2. The van der Waals surface area contributed by atoms with Crippen molar-refractivity contribution in [2.24, 2.45) is 0 Å². The number of H-pyrrole nitrogens is 1. The van der Waals surface area contributed by atoms with Crippen molar-refractivity contribution in [1.82, 2.24) is 20.0 Å². The number of hydrogen-bond donors (Lipinski definition) is 1. The molecule has 0 bridgehead atoms. The zero-order chi connectivity index (χ0) is 20.2. The number of piperazine rings is 1. The van der Waals surface area contributed by atoms with Crippen LogP contribution in [0.25, 0.3) is 0 Å². The number of rotatable bonds is 5. The highest BCUT2D eigenvalue weighted by Crippen LogP contribution is 2.23. The maximum absolute atomic E-state index is 13.1. The van der Waals surface area contributed by atoms with Gasteiger partial charge in [0.2, 0.25) is 5.91 Å². The zero-order valence-corrected chi connectivity index (χ0v) is 16.8. The van der Waals surface area contributed by atoms with E-state index in [4.69, 9.17) is 4.74 Å². The van der Waals surface area contributed by atoms with Gasteiger partial charge in [-0.05, 0) is 19.1 Å². The average molecular weight is 397 g/mol. The number of carbonyl (C=O) groups is 2. The molecule has 154 valence electrons. The first-order valence-corrected chi connectivity index (χ1v) is 10.2. The molecule has 0 radical (unpaired) electrons. The number of hydrogen-bond acceptors (Lipinski definition) is 5. The first kappa shape index (κ1) is 19.4. The number of carbonyl (C=O) groups excluding carboxylic acids is 2. The van der Waals surface area contributed by atoms with Crippen LogP contribution in [-0.4, -0.2) is 77.7 Å². The first-order valence-electron chi connectivity index (χ1n) is 10.2. The standard InChI is InChI=1S/C21H27N5O3/c1-2-29-15-19(27)26-9-8-18-17(14-26)20(23-22-18)21(28)25-12-10-24(11-13-25)16-6-4-3-5-7-16/h3-7H,2,8-15H2,1H3,(H,22,23). The Kier molecular flexibility index (Phi) is 5.80. The van der Waals surface area contributed by atoms with E-state index in [2.05, 4.69) is 27.2 Å². The molecule has 2 amide bonds. The van der Waals surface area contributed by atoms with Crippen LogP contribution in [0.15, 0.2) is 30.3 Å². The topological polar surface area (TPSA) is 81.8 Å². The molecule has 1 saturated heterocycles. The number of anilines is 1. The molecule has 1 N–H and O–H groups in total. The highest BCUT2D eigenvalue weighted by atomic mass is 16.5. The fourth-order valence-electron chi connectivity index (χ4n) is 3.92. The second-order valence-electron chi connectivity index (χ2n) is 7.35. The van der Waals surface area contributed by atoms with Crippen molar-refractivity contribution in [3.63, 3.8) is 0 Å². The van der Waals surface area contributed by atoms with Gasteiger partial charge in [0.25, 0.3) is 5.91 Å². The molecule has 29 heavy (non-hydrogen) atoms. The van der Waals surface area contributed by atoms with Crippen molar-refractivity contribution in [1.29, 1.82) is 0 Å². The number of para-hydroxylation sites is 1. The van der Waals surface area contributed by atoms with Gasteiger partial charge in [0.15, 0.2) is 5.69 Å².